The summed E-state index contributed by atoms with van der Waals surface area (Å²) in [5.74, 6) is 0. The van der Waals surface area contributed by atoms with Gasteiger partial charge in [0.1, 0.15) is 11.2 Å². The van der Waals surface area contributed by atoms with Crippen LogP contribution in [0.15, 0.2) is 229 Å². The van der Waals surface area contributed by atoms with Crippen LogP contribution >= 0.6 is 0 Å². The molecule has 0 amide bonds. The number of rotatable bonds is 7. The SMILES string of the molecule is c1ccc(-c2ccc(-c3cccc(N(c4ccc(-c5cc6ccccc6c6ccccc56)cc4)c4ccc(-c5ccccc5)c5oc6ccccc6c45)c3)cc2)cc1. The van der Waals surface area contributed by atoms with Gasteiger partial charge in [0.25, 0.3) is 0 Å². The lowest BCUT2D eigenvalue weighted by atomic mass is 9.93. The second-order valence-electron chi connectivity index (χ2n) is 14.9. The average Bonchev–Trinajstić information content (AvgIpc) is 3.70. The Labute approximate surface area is 337 Å². The largest absolute Gasteiger partial charge is 0.455 e. The van der Waals surface area contributed by atoms with E-state index in [-0.39, 0.29) is 0 Å². The normalized spacial score (nSPS) is 11.4. The molecule has 272 valence electrons. The molecule has 0 N–H and O–H groups in total. The molecule has 0 fully saturated rings. The Hall–Kier alpha value is -7.68. The average molecular weight is 740 g/mol. The number of fused-ring (bicyclic) bond motifs is 6. The lowest BCUT2D eigenvalue weighted by Crippen LogP contribution is -2.10. The minimum absolute atomic E-state index is 0.868. The first-order valence-corrected chi connectivity index (χ1v) is 19.8. The van der Waals surface area contributed by atoms with Crippen molar-refractivity contribution in [2.24, 2.45) is 0 Å². The first-order chi connectivity index (χ1) is 28.8. The molecule has 0 aliphatic heterocycles. The number of anilines is 3. The third-order valence-electron chi connectivity index (χ3n) is 11.5. The van der Waals surface area contributed by atoms with Crippen LogP contribution in [0.5, 0.6) is 0 Å². The lowest BCUT2D eigenvalue weighted by Gasteiger charge is -2.27. The van der Waals surface area contributed by atoms with Crippen LogP contribution in [0.4, 0.5) is 17.1 Å². The van der Waals surface area contributed by atoms with Gasteiger partial charge in [0.15, 0.2) is 0 Å². The number of benzene rings is 10. The van der Waals surface area contributed by atoms with Crippen molar-refractivity contribution < 1.29 is 4.42 Å². The van der Waals surface area contributed by atoms with E-state index in [0.717, 1.165) is 55.7 Å². The summed E-state index contributed by atoms with van der Waals surface area (Å²) in [7, 11) is 0. The molecule has 2 nitrogen and oxygen atoms in total. The van der Waals surface area contributed by atoms with Crippen LogP contribution in [0, 0.1) is 0 Å². The number of hydrogen-bond acceptors (Lipinski definition) is 2. The van der Waals surface area contributed by atoms with Crippen LogP contribution in [-0.4, -0.2) is 0 Å². The van der Waals surface area contributed by atoms with Crippen LogP contribution in [0.3, 0.4) is 0 Å². The van der Waals surface area contributed by atoms with Gasteiger partial charge >= 0.3 is 0 Å². The van der Waals surface area contributed by atoms with Gasteiger partial charge in [-0.2, -0.15) is 0 Å². The van der Waals surface area contributed by atoms with Gasteiger partial charge in [-0.05, 0) is 109 Å². The Morgan fingerprint density at radius 2 is 0.862 bits per heavy atom. The molecule has 10 aromatic carbocycles. The number of hydrogen-bond donors (Lipinski definition) is 0. The Balaban J connectivity index is 1.10. The fourth-order valence-electron chi connectivity index (χ4n) is 8.66. The van der Waals surface area contributed by atoms with Crippen LogP contribution in [0.2, 0.25) is 0 Å². The summed E-state index contributed by atoms with van der Waals surface area (Å²) in [6.07, 6.45) is 0. The van der Waals surface area contributed by atoms with E-state index >= 15 is 0 Å². The van der Waals surface area contributed by atoms with E-state index in [1.807, 2.05) is 6.07 Å². The molecule has 0 unspecified atom stereocenters. The summed E-state index contributed by atoms with van der Waals surface area (Å²) in [5.41, 5.74) is 14.2. The first-order valence-electron chi connectivity index (χ1n) is 19.8. The van der Waals surface area contributed by atoms with E-state index in [1.165, 1.54) is 49.4 Å². The minimum atomic E-state index is 0.868. The maximum absolute atomic E-state index is 6.77. The first kappa shape index (κ1) is 33.6. The highest BCUT2D eigenvalue weighted by atomic mass is 16.3. The van der Waals surface area contributed by atoms with E-state index in [9.17, 15) is 0 Å². The Bertz CT molecular complexity index is 3250. The molecule has 0 bridgehead atoms. The molecule has 11 aromatic rings. The molecule has 0 aliphatic rings. The van der Waals surface area contributed by atoms with Gasteiger partial charge in [-0.1, -0.05) is 176 Å². The van der Waals surface area contributed by atoms with Crippen LogP contribution < -0.4 is 4.90 Å². The number of furan rings is 1. The highest BCUT2D eigenvalue weighted by molar-refractivity contribution is 6.17. The highest BCUT2D eigenvalue weighted by Gasteiger charge is 2.23. The zero-order valence-corrected chi connectivity index (χ0v) is 31.7. The van der Waals surface area contributed by atoms with Crippen molar-refractivity contribution in [2.45, 2.75) is 0 Å². The van der Waals surface area contributed by atoms with Crippen LogP contribution in [0.1, 0.15) is 0 Å². The molecule has 0 radical (unpaired) electrons. The predicted octanol–water partition coefficient (Wildman–Crippen LogP) is 16.0. The van der Waals surface area contributed by atoms with Crippen molar-refractivity contribution in [3.8, 4) is 44.5 Å². The molecular formula is C56H37NO. The molecule has 11 rings (SSSR count). The Morgan fingerprint density at radius 1 is 0.310 bits per heavy atom. The molecular weight excluding hydrogens is 703 g/mol. The van der Waals surface area contributed by atoms with Crippen molar-refractivity contribution in [3.05, 3.63) is 224 Å². The number of para-hydroxylation sites is 1. The number of nitrogens with zero attached hydrogens (tertiary/aromatic N) is 1. The summed E-state index contributed by atoms with van der Waals surface area (Å²) < 4.78 is 6.77. The summed E-state index contributed by atoms with van der Waals surface area (Å²) in [4.78, 5) is 2.39. The third kappa shape index (κ3) is 5.82. The summed E-state index contributed by atoms with van der Waals surface area (Å²) >= 11 is 0. The molecule has 0 spiro atoms. The second-order valence-corrected chi connectivity index (χ2v) is 14.9. The highest BCUT2D eigenvalue weighted by Crippen LogP contribution is 2.47. The van der Waals surface area contributed by atoms with Crippen molar-refractivity contribution in [2.75, 3.05) is 4.90 Å². The smallest absolute Gasteiger partial charge is 0.145 e. The minimum Gasteiger partial charge on any atom is -0.455 e. The van der Waals surface area contributed by atoms with Crippen molar-refractivity contribution >= 4 is 60.5 Å². The van der Waals surface area contributed by atoms with Crippen molar-refractivity contribution in [1.29, 1.82) is 0 Å². The van der Waals surface area contributed by atoms with Crippen LogP contribution in [-0.2, 0) is 0 Å². The lowest BCUT2D eigenvalue weighted by molar-refractivity contribution is 0.670. The van der Waals surface area contributed by atoms with E-state index in [4.69, 9.17) is 4.42 Å². The fraction of sp³-hybridized carbons (Fsp3) is 0. The van der Waals surface area contributed by atoms with E-state index in [1.54, 1.807) is 0 Å². The fourth-order valence-corrected chi connectivity index (χ4v) is 8.66. The molecule has 1 heterocycles. The molecule has 0 saturated carbocycles. The van der Waals surface area contributed by atoms with E-state index < -0.39 is 0 Å². The monoisotopic (exact) mass is 739 g/mol. The molecule has 1 aromatic heterocycles. The molecule has 0 aliphatic carbocycles. The van der Waals surface area contributed by atoms with Gasteiger partial charge in [0, 0.05) is 22.3 Å². The molecule has 58 heavy (non-hydrogen) atoms. The van der Waals surface area contributed by atoms with Gasteiger partial charge in [-0.15, -0.1) is 0 Å². The maximum atomic E-state index is 6.77. The predicted molar refractivity (Wildman–Crippen MR) is 245 cm³/mol. The summed E-state index contributed by atoms with van der Waals surface area (Å²) in [5, 5.41) is 7.20. The second kappa shape index (κ2) is 14.1. The van der Waals surface area contributed by atoms with E-state index in [2.05, 4.69) is 223 Å². The van der Waals surface area contributed by atoms with Gasteiger partial charge in [0.2, 0.25) is 0 Å². The quantitative estimate of drug-likeness (QED) is 0.151. The van der Waals surface area contributed by atoms with Gasteiger partial charge in [-0.3, -0.25) is 0 Å². The Morgan fingerprint density at radius 3 is 1.62 bits per heavy atom. The maximum Gasteiger partial charge on any atom is 0.145 e. The zero-order chi connectivity index (χ0) is 38.4. The van der Waals surface area contributed by atoms with E-state index in [0.29, 0.717) is 0 Å². The van der Waals surface area contributed by atoms with Gasteiger partial charge in [-0.25, -0.2) is 0 Å². The molecule has 2 heteroatoms. The summed E-state index contributed by atoms with van der Waals surface area (Å²) in [6, 6.07) is 80.6. The van der Waals surface area contributed by atoms with Crippen molar-refractivity contribution in [1.82, 2.24) is 0 Å². The third-order valence-corrected chi connectivity index (χ3v) is 11.5. The topological polar surface area (TPSA) is 16.4 Å². The zero-order valence-electron chi connectivity index (χ0n) is 31.7. The van der Waals surface area contributed by atoms with Gasteiger partial charge < -0.3 is 9.32 Å². The van der Waals surface area contributed by atoms with Gasteiger partial charge in [0.05, 0.1) is 11.1 Å². The van der Waals surface area contributed by atoms with Crippen LogP contribution in [0.25, 0.3) is 88.0 Å². The Kier molecular flexibility index (Phi) is 8.19. The standard InChI is InChI=1S/C56H37NO/c1-3-14-38(15-4-1)39-26-28-40(29-27-39)43-19-13-20-46(36-43)57(53-35-34-48(41-16-5-2-6-17-41)56-55(53)51-24-11-12-25-54(51)58-56)45-32-30-42(31-33-45)52-37-44-18-7-8-21-47(44)49-22-9-10-23-50(49)52/h1-37H. The summed E-state index contributed by atoms with van der Waals surface area (Å²) in [6.45, 7) is 0. The molecule has 0 atom stereocenters. The molecule has 0 saturated heterocycles. The van der Waals surface area contributed by atoms with Crippen molar-refractivity contribution in [3.63, 3.8) is 0 Å².